The van der Waals surface area contributed by atoms with Gasteiger partial charge in [0.05, 0.1) is 0 Å². The fraction of sp³-hybridized carbons (Fsp3) is 0.938. The highest BCUT2D eigenvalue weighted by Crippen LogP contribution is 2.39. The molecule has 1 rings (SSSR count). The largest absolute Gasteiger partial charge is 0.343 e. The van der Waals surface area contributed by atoms with E-state index in [-0.39, 0.29) is 11.7 Å². The SMILES string of the molecule is CCCCCCCC1(C)OC(C(C)(C)C)OC1C=O. The molecule has 3 heteroatoms. The lowest BCUT2D eigenvalue weighted by atomic mass is 9.92. The Balaban J connectivity index is 2.51. The van der Waals surface area contributed by atoms with Gasteiger partial charge in [-0.3, -0.25) is 0 Å². The Morgan fingerprint density at radius 2 is 1.79 bits per heavy atom. The standard InChI is InChI=1S/C16H30O3/c1-6-7-8-9-10-11-16(5)13(12-17)18-14(19-16)15(2,3)4/h12-14H,6-11H2,1-5H3. The minimum Gasteiger partial charge on any atom is -0.343 e. The molecule has 3 nitrogen and oxygen atoms in total. The molecule has 0 aromatic heterocycles. The molecule has 1 aliphatic rings. The van der Waals surface area contributed by atoms with Crippen molar-refractivity contribution >= 4 is 6.29 Å². The molecule has 3 unspecified atom stereocenters. The summed E-state index contributed by atoms with van der Waals surface area (Å²) < 4.78 is 11.8. The topological polar surface area (TPSA) is 35.5 Å². The first-order valence-electron chi connectivity index (χ1n) is 7.62. The molecule has 0 aromatic carbocycles. The molecule has 19 heavy (non-hydrogen) atoms. The number of hydrogen-bond donors (Lipinski definition) is 0. The molecule has 1 aliphatic heterocycles. The van der Waals surface area contributed by atoms with Gasteiger partial charge in [0.1, 0.15) is 11.7 Å². The number of rotatable bonds is 7. The quantitative estimate of drug-likeness (QED) is 0.516. The van der Waals surface area contributed by atoms with Gasteiger partial charge in [-0.1, -0.05) is 59.8 Å². The van der Waals surface area contributed by atoms with Gasteiger partial charge in [0.15, 0.2) is 12.6 Å². The maximum absolute atomic E-state index is 11.2. The first-order chi connectivity index (χ1) is 8.83. The van der Waals surface area contributed by atoms with Gasteiger partial charge >= 0.3 is 0 Å². The summed E-state index contributed by atoms with van der Waals surface area (Å²) in [6, 6.07) is 0. The van der Waals surface area contributed by atoms with Crippen LogP contribution in [0.4, 0.5) is 0 Å². The second kappa shape index (κ2) is 6.85. The first kappa shape index (κ1) is 16.6. The summed E-state index contributed by atoms with van der Waals surface area (Å²) in [6.07, 6.45) is 7.19. The molecule has 1 fully saturated rings. The van der Waals surface area contributed by atoms with E-state index < -0.39 is 11.7 Å². The summed E-state index contributed by atoms with van der Waals surface area (Å²) in [5, 5.41) is 0. The number of unbranched alkanes of at least 4 members (excludes halogenated alkanes) is 4. The van der Waals surface area contributed by atoms with Gasteiger partial charge in [-0.2, -0.15) is 0 Å². The van der Waals surface area contributed by atoms with Crippen molar-refractivity contribution in [3.8, 4) is 0 Å². The van der Waals surface area contributed by atoms with Crippen LogP contribution < -0.4 is 0 Å². The minimum absolute atomic E-state index is 0.0960. The van der Waals surface area contributed by atoms with E-state index in [0.29, 0.717) is 0 Å². The van der Waals surface area contributed by atoms with Crippen LogP contribution in [0, 0.1) is 5.41 Å². The van der Waals surface area contributed by atoms with E-state index >= 15 is 0 Å². The summed E-state index contributed by atoms with van der Waals surface area (Å²) in [5.74, 6) is 0. The van der Waals surface area contributed by atoms with Gasteiger partial charge in [-0.25, -0.2) is 0 Å². The average molecular weight is 270 g/mol. The molecule has 0 spiro atoms. The molecule has 1 saturated heterocycles. The number of carbonyl (C=O) groups excluding carboxylic acids is 1. The number of aldehydes is 1. The van der Waals surface area contributed by atoms with Gasteiger partial charge in [0.2, 0.25) is 0 Å². The summed E-state index contributed by atoms with van der Waals surface area (Å²) in [6.45, 7) is 10.5. The molecule has 0 aliphatic carbocycles. The molecule has 0 bridgehead atoms. The Labute approximate surface area is 118 Å². The van der Waals surface area contributed by atoms with Gasteiger partial charge in [0.25, 0.3) is 0 Å². The molecule has 0 aromatic rings. The van der Waals surface area contributed by atoms with Gasteiger partial charge in [0, 0.05) is 5.41 Å². The van der Waals surface area contributed by atoms with Crippen molar-refractivity contribution in [3.05, 3.63) is 0 Å². The third kappa shape index (κ3) is 4.57. The second-order valence-corrected chi connectivity index (χ2v) is 6.99. The van der Waals surface area contributed by atoms with Gasteiger partial charge < -0.3 is 14.3 Å². The zero-order valence-corrected chi connectivity index (χ0v) is 13.2. The number of carbonyl (C=O) groups is 1. The summed E-state index contributed by atoms with van der Waals surface area (Å²) in [4.78, 5) is 11.2. The van der Waals surface area contributed by atoms with Crippen LogP contribution in [0.5, 0.6) is 0 Å². The van der Waals surface area contributed by atoms with Gasteiger partial charge in [-0.05, 0) is 13.3 Å². The van der Waals surface area contributed by atoms with E-state index in [4.69, 9.17) is 9.47 Å². The van der Waals surface area contributed by atoms with E-state index in [1.165, 1.54) is 25.7 Å². The Kier molecular flexibility index (Phi) is 6.00. The van der Waals surface area contributed by atoms with Gasteiger partial charge in [-0.15, -0.1) is 0 Å². The van der Waals surface area contributed by atoms with Crippen LogP contribution in [0.25, 0.3) is 0 Å². The molecule has 112 valence electrons. The normalized spacial score (nSPS) is 31.6. The van der Waals surface area contributed by atoms with Crippen LogP contribution in [-0.4, -0.2) is 24.3 Å². The lowest BCUT2D eigenvalue weighted by Gasteiger charge is -2.28. The van der Waals surface area contributed by atoms with Crippen molar-refractivity contribution < 1.29 is 14.3 Å². The smallest absolute Gasteiger partial charge is 0.164 e. The van der Waals surface area contributed by atoms with Crippen molar-refractivity contribution in [2.45, 2.75) is 91.1 Å². The zero-order chi connectivity index (χ0) is 14.5. The number of ether oxygens (including phenoxy) is 2. The predicted molar refractivity (Wildman–Crippen MR) is 77.0 cm³/mol. The van der Waals surface area contributed by atoms with Crippen LogP contribution in [0.2, 0.25) is 0 Å². The third-order valence-corrected chi connectivity index (χ3v) is 3.86. The highest BCUT2D eigenvalue weighted by Gasteiger charge is 2.49. The molecular weight excluding hydrogens is 240 g/mol. The fourth-order valence-electron chi connectivity index (χ4n) is 2.45. The Hall–Kier alpha value is -0.410. The molecule has 0 amide bonds. The molecule has 3 atom stereocenters. The zero-order valence-electron chi connectivity index (χ0n) is 13.2. The summed E-state index contributed by atoms with van der Waals surface area (Å²) >= 11 is 0. The van der Waals surface area contributed by atoms with Crippen LogP contribution in [0.1, 0.15) is 73.1 Å². The molecule has 1 heterocycles. The van der Waals surface area contributed by atoms with E-state index in [1.54, 1.807) is 0 Å². The van der Waals surface area contributed by atoms with Crippen molar-refractivity contribution in [1.29, 1.82) is 0 Å². The highest BCUT2D eigenvalue weighted by atomic mass is 16.7. The summed E-state index contributed by atoms with van der Waals surface area (Å²) in [5.41, 5.74) is -0.548. The van der Waals surface area contributed by atoms with Crippen molar-refractivity contribution in [2.24, 2.45) is 5.41 Å². The monoisotopic (exact) mass is 270 g/mol. The molecule has 0 saturated carbocycles. The van der Waals surface area contributed by atoms with Crippen LogP contribution >= 0.6 is 0 Å². The van der Waals surface area contributed by atoms with Crippen LogP contribution in [0.3, 0.4) is 0 Å². The lowest BCUT2D eigenvalue weighted by molar-refractivity contribution is -0.147. The summed E-state index contributed by atoms with van der Waals surface area (Å²) in [7, 11) is 0. The highest BCUT2D eigenvalue weighted by molar-refractivity contribution is 5.59. The second-order valence-electron chi connectivity index (χ2n) is 6.99. The van der Waals surface area contributed by atoms with Crippen molar-refractivity contribution in [1.82, 2.24) is 0 Å². The van der Waals surface area contributed by atoms with Crippen LogP contribution in [0.15, 0.2) is 0 Å². The Bertz CT molecular complexity index is 282. The maximum Gasteiger partial charge on any atom is 0.164 e. The number of hydrogen-bond acceptors (Lipinski definition) is 3. The molecule has 0 radical (unpaired) electrons. The van der Waals surface area contributed by atoms with Crippen molar-refractivity contribution in [3.63, 3.8) is 0 Å². The Morgan fingerprint density at radius 1 is 1.16 bits per heavy atom. The molecular formula is C16H30O3. The van der Waals surface area contributed by atoms with E-state index in [0.717, 1.165) is 19.1 Å². The average Bonchev–Trinajstić information content (AvgIpc) is 2.66. The lowest BCUT2D eigenvalue weighted by Crippen LogP contribution is -2.38. The van der Waals surface area contributed by atoms with Crippen LogP contribution in [-0.2, 0) is 14.3 Å². The minimum atomic E-state index is -0.452. The molecule has 0 N–H and O–H groups in total. The van der Waals surface area contributed by atoms with Crippen molar-refractivity contribution in [2.75, 3.05) is 0 Å². The first-order valence-corrected chi connectivity index (χ1v) is 7.62. The fourth-order valence-corrected chi connectivity index (χ4v) is 2.45. The predicted octanol–water partition coefficient (Wildman–Crippen LogP) is 4.09. The third-order valence-electron chi connectivity index (χ3n) is 3.86. The maximum atomic E-state index is 11.2. The Morgan fingerprint density at radius 3 is 2.32 bits per heavy atom. The van der Waals surface area contributed by atoms with E-state index in [1.807, 2.05) is 6.92 Å². The van der Waals surface area contributed by atoms with E-state index in [9.17, 15) is 4.79 Å². The van der Waals surface area contributed by atoms with E-state index in [2.05, 4.69) is 27.7 Å².